The van der Waals surface area contributed by atoms with Crippen molar-refractivity contribution in [2.75, 3.05) is 13.1 Å². The van der Waals surface area contributed by atoms with Gasteiger partial charge in [-0.2, -0.15) is 0 Å². The zero-order valence-corrected chi connectivity index (χ0v) is 10.9. The molecule has 90 valence electrons. The molecule has 0 aromatic carbocycles. The van der Waals surface area contributed by atoms with Gasteiger partial charge < -0.3 is 9.88 Å². The van der Waals surface area contributed by atoms with Crippen LogP contribution in [0.3, 0.4) is 0 Å². The summed E-state index contributed by atoms with van der Waals surface area (Å²) >= 11 is 0. The smallest absolute Gasteiger partial charge is 0.0948 e. The summed E-state index contributed by atoms with van der Waals surface area (Å²) in [7, 11) is 0. The van der Waals surface area contributed by atoms with Crippen molar-refractivity contribution in [2.45, 2.75) is 46.1 Å². The first-order chi connectivity index (χ1) is 7.41. The number of rotatable bonds is 2. The molecule has 3 heteroatoms. The molecule has 1 aromatic rings. The lowest BCUT2D eigenvalue weighted by Crippen LogP contribution is -2.29. The van der Waals surface area contributed by atoms with E-state index < -0.39 is 0 Å². The Morgan fingerprint density at radius 1 is 1.50 bits per heavy atom. The average Bonchev–Trinajstić information content (AvgIpc) is 2.72. The van der Waals surface area contributed by atoms with Crippen LogP contribution in [0, 0.1) is 5.41 Å². The molecule has 1 fully saturated rings. The van der Waals surface area contributed by atoms with Gasteiger partial charge in [0.15, 0.2) is 0 Å². The highest BCUT2D eigenvalue weighted by molar-refractivity contribution is 5.17. The van der Waals surface area contributed by atoms with E-state index in [0.717, 1.165) is 19.6 Å². The van der Waals surface area contributed by atoms with Gasteiger partial charge in [-0.3, -0.25) is 0 Å². The lowest BCUT2D eigenvalue weighted by molar-refractivity contribution is 0.326. The van der Waals surface area contributed by atoms with Crippen LogP contribution in [0.2, 0.25) is 0 Å². The minimum absolute atomic E-state index is 0.266. The highest BCUT2D eigenvalue weighted by Gasteiger charge is 2.33. The predicted molar refractivity (Wildman–Crippen MR) is 66.5 cm³/mol. The summed E-state index contributed by atoms with van der Waals surface area (Å²) in [6, 6.07) is 0. The van der Waals surface area contributed by atoms with Crippen molar-refractivity contribution >= 4 is 0 Å². The van der Waals surface area contributed by atoms with Crippen molar-refractivity contribution in [3.8, 4) is 0 Å². The van der Waals surface area contributed by atoms with Gasteiger partial charge in [0, 0.05) is 30.4 Å². The molecule has 0 amide bonds. The van der Waals surface area contributed by atoms with Crippen LogP contribution in [-0.4, -0.2) is 22.6 Å². The van der Waals surface area contributed by atoms with E-state index in [1.165, 1.54) is 12.1 Å². The van der Waals surface area contributed by atoms with E-state index in [1.54, 1.807) is 0 Å². The van der Waals surface area contributed by atoms with Gasteiger partial charge in [-0.05, 0) is 18.4 Å². The summed E-state index contributed by atoms with van der Waals surface area (Å²) < 4.78 is 2.33. The quantitative estimate of drug-likeness (QED) is 0.829. The maximum Gasteiger partial charge on any atom is 0.0948 e. The molecule has 0 spiro atoms. The molecule has 1 unspecified atom stereocenters. The fourth-order valence-corrected chi connectivity index (χ4v) is 2.50. The summed E-state index contributed by atoms with van der Waals surface area (Å²) in [5, 5.41) is 3.45. The topological polar surface area (TPSA) is 29.9 Å². The normalized spacial score (nSPS) is 26.2. The summed E-state index contributed by atoms with van der Waals surface area (Å²) in [5.41, 5.74) is 1.95. The third kappa shape index (κ3) is 2.29. The van der Waals surface area contributed by atoms with Gasteiger partial charge in [-0.15, -0.1) is 0 Å². The summed E-state index contributed by atoms with van der Waals surface area (Å²) in [6.45, 7) is 12.4. The van der Waals surface area contributed by atoms with E-state index in [4.69, 9.17) is 0 Å². The van der Waals surface area contributed by atoms with Crippen molar-refractivity contribution < 1.29 is 0 Å². The van der Waals surface area contributed by atoms with E-state index in [0.29, 0.717) is 5.41 Å². The van der Waals surface area contributed by atoms with Gasteiger partial charge >= 0.3 is 0 Å². The van der Waals surface area contributed by atoms with Crippen molar-refractivity contribution in [1.82, 2.24) is 14.9 Å². The molecule has 2 rings (SSSR count). The third-order valence-corrected chi connectivity index (χ3v) is 3.34. The van der Waals surface area contributed by atoms with Crippen LogP contribution in [-0.2, 0) is 12.0 Å². The summed E-state index contributed by atoms with van der Waals surface area (Å²) in [5.74, 6) is 0. The Hall–Kier alpha value is -0.830. The van der Waals surface area contributed by atoms with Crippen LogP contribution in [0.25, 0.3) is 0 Å². The molecule has 1 aromatic heterocycles. The van der Waals surface area contributed by atoms with Crippen LogP contribution in [0.4, 0.5) is 0 Å². The molecule has 1 N–H and O–H groups in total. The lowest BCUT2D eigenvalue weighted by Gasteiger charge is -2.27. The average molecular weight is 221 g/mol. The summed E-state index contributed by atoms with van der Waals surface area (Å²) in [4.78, 5) is 4.33. The Bertz CT molecular complexity index is 353. The van der Waals surface area contributed by atoms with Crippen molar-refractivity contribution in [3.05, 3.63) is 18.2 Å². The molecule has 3 nitrogen and oxygen atoms in total. The summed E-state index contributed by atoms with van der Waals surface area (Å²) in [6.07, 6.45) is 5.23. The minimum Gasteiger partial charge on any atom is -0.333 e. The Morgan fingerprint density at radius 2 is 2.25 bits per heavy atom. The zero-order valence-electron chi connectivity index (χ0n) is 10.9. The van der Waals surface area contributed by atoms with Gasteiger partial charge in [-0.1, -0.05) is 27.7 Å². The third-order valence-electron chi connectivity index (χ3n) is 3.34. The molecule has 0 radical (unpaired) electrons. The number of nitrogens with one attached hydrogen (secondary N) is 1. The van der Waals surface area contributed by atoms with Crippen molar-refractivity contribution in [3.63, 3.8) is 0 Å². The fraction of sp³-hybridized carbons (Fsp3) is 0.769. The molecule has 1 aliphatic heterocycles. The highest BCUT2D eigenvalue weighted by atomic mass is 15.1. The van der Waals surface area contributed by atoms with Crippen LogP contribution in [0.15, 0.2) is 12.5 Å². The lowest BCUT2D eigenvalue weighted by atomic mass is 9.85. The van der Waals surface area contributed by atoms with E-state index in [9.17, 15) is 0 Å². The molecule has 1 atom stereocenters. The van der Waals surface area contributed by atoms with Crippen LogP contribution in [0.1, 0.15) is 39.8 Å². The van der Waals surface area contributed by atoms with Gasteiger partial charge in [0.05, 0.1) is 6.33 Å². The van der Waals surface area contributed by atoms with E-state index in [-0.39, 0.29) is 5.41 Å². The monoisotopic (exact) mass is 221 g/mol. The second kappa shape index (κ2) is 3.88. The van der Waals surface area contributed by atoms with E-state index >= 15 is 0 Å². The molecule has 0 aliphatic carbocycles. The number of nitrogens with zero attached hydrogens (tertiary/aromatic N) is 2. The maximum absolute atomic E-state index is 4.33. The Kier molecular flexibility index (Phi) is 2.82. The van der Waals surface area contributed by atoms with E-state index in [2.05, 4.69) is 42.6 Å². The molecule has 0 saturated carbocycles. The Morgan fingerprint density at radius 3 is 2.81 bits per heavy atom. The molecule has 16 heavy (non-hydrogen) atoms. The van der Waals surface area contributed by atoms with Gasteiger partial charge in [0.2, 0.25) is 0 Å². The van der Waals surface area contributed by atoms with Gasteiger partial charge in [-0.25, -0.2) is 4.98 Å². The predicted octanol–water partition coefficient (Wildman–Crippen LogP) is 2.18. The highest BCUT2D eigenvalue weighted by Crippen LogP contribution is 2.31. The maximum atomic E-state index is 4.33. The SMILES string of the molecule is CC(C)(C)Cn1cncc1C1(C)CCNC1. The number of hydrogen-bond acceptors (Lipinski definition) is 2. The van der Waals surface area contributed by atoms with Gasteiger partial charge in [0.1, 0.15) is 0 Å². The van der Waals surface area contributed by atoms with Crippen LogP contribution >= 0.6 is 0 Å². The Balaban J connectivity index is 2.25. The number of hydrogen-bond donors (Lipinski definition) is 1. The van der Waals surface area contributed by atoms with Crippen LogP contribution < -0.4 is 5.32 Å². The van der Waals surface area contributed by atoms with Crippen molar-refractivity contribution in [1.29, 1.82) is 0 Å². The minimum atomic E-state index is 0.266. The standard InChI is InChI=1S/C13H23N3/c1-12(2,3)9-16-10-15-7-11(16)13(4)5-6-14-8-13/h7,10,14H,5-6,8-9H2,1-4H3. The first-order valence-corrected chi connectivity index (χ1v) is 6.12. The second-order valence-corrected chi connectivity index (χ2v) is 6.45. The Labute approximate surface area is 98.3 Å². The number of imidazole rings is 1. The number of aromatic nitrogens is 2. The molecular weight excluding hydrogens is 198 g/mol. The van der Waals surface area contributed by atoms with Crippen molar-refractivity contribution in [2.24, 2.45) is 5.41 Å². The molecular formula is C13H23N3. The zero-order chi connectivity index (χ0) is 11.8. The second-order valence-electron chi connectivity index (χ2n) is 6.45. The van der Waals surface area contributed by atoms with Crippen LogP contribution in [0.5, 0.6) is 0 Å². The first-order valence-electron chi connectivity index (χ1n) is 6.12. The van der Waals surface area contributed by atoms with E-state index in [1.807, 2.05) is 12.5 Å². The largest absolute Gasteiger partial charge is 0.333 e. The molecule has 1 saturated heterocycles. The first kappa shape index (κ1) is 11.6. The molecule has 1 aliphatic rings. The molecule has 0 bridgehead atoms. The fourth-order valence-electron chi connectivity index (χ4n) is 2.50. The molecule has 2 heterocycles. The van der Waals surface area contributed by atoms with Gasteiger partial charge in [0.25, 0.3) is 0 Å².